The first-order valence-electron chi connectivity index (χ1n) is 3.56. The van der Waals surface area contributed by atoms with Gasteiger partial charge in [-0.05, 0) is 18.2 Å². The molecule has 1 N–H and O–H groups in total. The van der Waals surface area contributed by atoms with E-state index >= 15 is 0 Å². The molecule has 1 aromatic heterocycles. The molecule has 0 saturated heterocycles. The lowest BCUT2D eigenvalue weighted by atomic mass is 10.2. The van der Waals surface area contributed by atoms with Gasteiger partial charge in [-0.25, -0.2) is 0 Å². The standard InChI is InChI=1S/C9H5NOS2/c10-4-6-3-7-8(12)1-5(11)2-9(7)13-6/h1-3,11-12H. The molecule has 0 aliphatic heterocycles. The van der Waals surface area contributed by atoms with Crippen molar-refractivity contribution in [3.63, 3.8) is 0 Å². The quantitative estimate of drug-likeness (QED) is 0.652. The summed E-state index contributed by atoms with van der Waals surface area (Å²) in [5.41, 5.74) is 0. The number of nitriles is 1. The van der Waals surface area contributed by atoms with Gasteiger partial charge in [0.2, 0.25) is 0 Å². The second-order valence-corrected chi connectivity index (χ2v) is 4.16. The molecule has 0 bridgehead atoms. The van der Waals surface area contributed by atoms with Crippen LogP contribution >= 0.6 is 24.0 Å². The lowest BCUT2D eigenvalue weighted by Crippen LogP contribution is -1.68. The predicted molar refractivity (Wildman–Crippen MR) is 55.5 cm³/mol. The monoisotopic (exact) mass is 207 g/mol. The van der Waals surface area contributed by atoms with Crippen LogP contribution in [0.15, 0.2) is 23.1 Å². The fourth-order valence-corrected chi connectivity index (χ4v) is 2.47. The van der Waals surface area contributed by atoms with Crippen LogP contribution in [0, 0.1) is 11.3 Å². The van der Waals surface area contributed by atoms with E-state index in [4.69, 9.17) is 5.26 Å². The summed E-state index contributed by atoms with van der Waals surface area (Å²) in [5.74, 6) is 0.184. The van der Waals surface area contributed by atoms with Gasteiger partial charge in [0.1, 0.15) is 16.7 Å². The molecule has 13 heavy (non-hydrogen) atoms. The van der Waals surface area contributed by atoms with Crippen LogP contribution in [0.3, 0.4) is 0 Å². The molecule has 0 fully saturated rings. The minimum Gasteiger partial charge on any atom is -0.508 e. The zero-order chi connectivity index (χ0) is 9.42. The van der Waals surface area contributed by atoms with E-state index in [-0.39, 0.29) is 5.75 Å². The van der Waals surface area contributed by atoms with Gasteiger partial charge in [0.25, 0.3) is 0 Å². The molecule has 2 aromatic rings. The minimum absolute atomic E-state index is 0.184. The molecule has 0 aliphatic rings. The number of phenolic OH excluding ortho intramolecular Hbond substituents is 1. The van der Waals surface area contributed by atoms with Gasteiger partial charge in [0, 0.05) is 15.0 Å². The van der Waals surface area contributed by atoms with Gasteiger partial charge in [0.05, 0.1) is 0 Å². The molecule has 64 valence electrons. The highest BCUT2D eigenvalue weighted by atomic mass is 32.1. The van der Waals surface area contributed by atoms with Gasteiger partial charge < -0.3 is 5.11 Å². The Morgan fingerprint density at radius 2 is 2.15 bits per heavy atom. The summed E-state index contributed by atoms with van der Waals surface area (Å²) in [6.45, 7) is 0. The molecular weight excluding hydrogens is 202 g/mol. The highest BCUT2D eigenvalue weighted by Gasteiger charge is 2.05. The van der Waals surface area contributed by atoms with Crippen molar-refractivity contribution in [3.05, 3.63) is 23.1 Å². The van der Waals surface area contributed by atoms with E-state index in [9.17, 15) is 5.11 Å². The van der Waals surface area contributed by atoms with E-state index in [1.807, 2.05) is 0 Å². The fourth-order valence-electron chi connectivity index (χ4n) is 1.16. The molecule has 0 unspecified atom stereocenters. The molecule has 0 amide bonds. The summed E-state index contributed by atoms with van der Waals surface area (Å²) in [5, 5.41) is 18.9. The molecular formula is C9H5NOS2. The Morgan fingerprint density at radius 3 is 2.85 bits per heavy atom. The Hall–Kier alpha value is -1.18. The molecule has 1 aromatic carbocycles. The zero-order valence-corrected chi connectivity index (χ0v) is 8.19. The normalized spacial score (nSPS) is 10.2. The number of thiophene rings is 1. The minimum atomic E-state index is 0.184. The number of thiol groups is 1. The summed E-state index contributed by atoms with van der Waals surface area (Å²) in [4.78, 5) is 1.34. The van der Waals surface area contributed by atoms with Gasteiger partial charge in [-0.15, -0.1) is 24.0 Å². The number of nitrogens with zero attached hydrogens (tertiary/aromatic N) is 1. The first-order valence-corrected chi connectivity index (χ1v) is 4.82. The third-order valence-electron chi connectivity index (χ3n) is 1.71. The zero-order valence-electron chi connectivity index (χ0n) is 6.48. The maximum atomic E-state index is 9.27. The van der Waals surface area contributed by atoms with Crippen molar-refractivity contribution >= 4 is 34.1 Å². The summed E-state index contributed by atoms with van der Waals surface area (Å²) in [6.07, 6.45) is 0. The maximum Gasteiger partial charge on any atom is 0.118 e. The van der Waals surface area contributed by atoms with Crippen LogP contribution in [0.25, 0.3) is 10.1 Å². The number of fused-ring (bicyclic) bond motifs is 1. The van der Waals surface area contributed by atoms with Crippen LogP contribution in [0.1, 0.15) is 4.88 Å². The second kappa shape index (κ2) is 2.95. The van der Waals surface area contributed by atoms with Crippen LogP contribution < -0.4 is 0 Å². The smallest absolute Gasteiger partial charge is 0.118 e. The predicted octanol–water partition coefficient (Wildman–Crippen LogP) is 2.77. The van der Waals surface area contributed by atoms with Gasteiger partial charge in [-0.2, -0.15) is 5.26 Å². The van der Waals surface area contributed by atoms with Crippen LogP contribution in [0.5, 0.6) is 5.75 Å². The Morgan fingerprint density at radius 1 is 1.38 bits per heavy atom. The first kappa shape index (κ1) is 8.42. The number of benzene rings is 1. The number of hydrogen-bond acceptors (Lipinski definition) is 4. The van der Waals surface area contributed by atoms with E-state index in [1.54, 1.807) is 18.2 Å². The molecule has 2 nitrogen and oxygen atoms in total. The molecule has 0 spiro atoms. The Kier molecular flexibility index (Phi) is 1.91. The molecule has 0 radical (unpaired) electrons. The number of phenols is 1. The summed E-state index contributed by atoms with van der Waals surface area (Å²) in [6, 6.07) is 7.05. The molecule has 0 atom stereocenters. The van der Waals surface area contributed by atoms with Gasteiger partial charge in [0.15, 0.2) is 0 Å². The summed E-state index contributed by atoms with van der Waals surface area (Å²) >= 11 is 5.57. The van der Waals surface area contributed by atoms with Crippen molar-refractivity contribution in [1.82, 2.24) is 0 Å². The van der Waals surface area contributed by atoms with E-state index < -0.39 is 0 Å². The van der Waals surface area contributed by atoms with Crippen molar-refractivity contribution in [3.8, 4) is 11.8 Å². The molecule has 0 saturated carbocycles. The first-order chi connectivity index (χ1) is 6.20. The Balaban J connectivity index is 2.84. The van der Waals surface area contributed by atoms with Gasteiger partial charge in [-0.1, -0.05) is 0 Å². The third-order valence-corrected chi connectivity index (χ3v) is 3.07. The van der Waals surface area contributed by atoms with E-state index in [0.717, 1.165) is 10.1 Å². The SMILES string of the molecule is N#Cc1cc2c(S)cc(O)cc2s1. The van der Waals surface area contributed by atoms with Gasteiger partial charge >= 0.3 is 0 Å². The Bertz CT molecular complexity index is 510. The summed E-state index contributed by atoms with van der Waals surface area (Å²) in [7, 11) is 0. The highest BCUT2D eigenvalue weighted by molar-refractivity contribution is 7.80. The molecule has 0 aliphatic carbocycles. The third kappa shape index (κ3) is 1.37. The van der Waals surface area contributed by atoms with Crippen LogP contribution in [-0.4, -0.2) is 5.11 Å². The number of aromatic hydroxyl groups is 1. The van der Waals surface area contributed by atoms with Crippen LogP contribution in [0.4, 0.5) is 0 Å². The van der Waals surface area contributed by atoms with Crippen molar-refractivity contribution in [2.75, 3.05) is 0 Å². The van der Waals surface area contributed by atoms with E-state index in [0.29, 0.717) is 9.77 Å². The van der Waals surface area contributed by atoms with Crippen LogP contribution in [-0.2, 0) is 0 Å². The average molecular weight is 207 g/mol. The Labute approximate surface area is 84.5 Å². The van der Waals surface area contributed by atoms with Crippen molar-refractivity contribution < 1.29 is 5.11 Å². The van der Waals surface area contributed by atoms with Gasteiger partial charge in [-0.3, -0.25) is 0 Å². The van der Waals surface area contributed by atoms with Crippen molar-refractivity contribution in [2.24, 2.45) is 0 Å². The molecule has 1 heterocycles. The highest BCUT2D eigenvalue weighted by Crippen LogP contribution is 2.33. The summed E-state index contributed by atoms with van der Waals surface area (Å²) < 4.78 is 0.890. The van der Waals surface area contributed by atoms with E-state index in [2.05, 4.69) is 18.7 Å². The fraction of sp³-hybridized carbons (Fsp3) is 0. The van der Waals surface area contributed by atoms with E-state index in [1.165, 1.54) is 11.3 Å². The number of hydrogen-bond donors (Lipinski definition) is 2. The lowest BCUT2D eigenvalue weighted by molar-refractivity contribution is 0.475. The number of rotatable bonds is 0. The second-order valence-electron chi connectivity index (χ2n) is 2.60. The lowest BCUT2D eigenvalue weighted by Gasteiger charge is -1.95. The largest absolute Gasteiger partial charge is 0.508 e. The van der Waals surface area contributed by atoms with Crippen molar-refractivity contribution in [1.29, 1.82) is 5.26 Å². The topological polar surface area (TPSA) is 44.0 Å². The molecule has 2 rings (SSSR count). The maximum absolute atomic E-state index is 9.27. The average Bonchev–Trinajstić information content (AvgIpc) is 2.47. The van der Waals surface area contributed by atoms with Crippen LogP contribution in [0.2, 0.25) is 0 Å². The molecule has 4 heteroatoms. The van der Waals surface area contributed by atoms with Crippen molar-refractivity contribution in [2.45, 2.75) is 4.90 Å².